The number of unbranched alkanes of at least 4 members (excludes halogenated alkanes) is 36. The number of aryl methyl sites for hydroxylation is 4. The number of rotatable bonds is 46. The molecule has 0 bridgehead atoms. The zero-order chi connectivity index (χ0) is 43.5. The quantitative estimate of drug-likeness (QED) is 0.0604. The van der Waals surface area contributed by atoms with Crippen molar-refractivity contribution in [3.8, 4) is 11.5 Å². The highest BCUT2D eigenvalue weighted by Crippen LogP contribution is 2.33. The second-order valence-electron chi connectivity index (χ2n) is 19.7. The fourth-order valence-corrected chi connectivity index (χ4v) is 9.52. The molecule has 2 aromatic rings. The molecule has 0 aliphatic heterocycles. The fourth-order valence-electron chi connectivity index (χ4n) is 9.52. The molecule has 2 aromatic carbocycles. The van der Waals surface area contributed by atoms with Gasteiger partial charge in [-0.25, -0.2) is 0 Å². The molecule has 0 unspecified atom stereocenters. The Labute approximate surface area is 383 Å². The Hall–Kier alpha value is -1.76. The van der Waals surface area contributed by atoms with Crippen molar-refractivity contribution in [1.29, 1.82) is 0 Å². The molecule has 0 amide bonds. The first-order valence-electron chi connectivity index (χ1n) is 28.1. The van der Waals surface area contributed by atoms with Crippen LogP contribution >= 0.6 is 0 Å². The Balaban J connectivity index is 2.04. The molecular weight excluding hydrogens is 737 g/mol. The van der Waals surface area contributed by atoms with Crippen LogP contribution < -0.4 is 4.74 Å². The summed E-state index contributed by atoms with van der Waals surface area (Å²) < 4.78 is 7.05. The van der Waals surface area contributed by atoms with Gasteiger partial charge in [-0.1, -0.05) is 283 Å². The van der Waals surface area contributed by atoms with E-state index in [1.807, 2.05) is 0 Å². The van der Waals surface area contributed by atoms with Crippen molar-refractivity contribution in [2.45, 2.75) is 310 Å². The van der Waals surface area contributed by atoms with Crippen LogP contribution in [0.1, 0.15) is 307 Å². The number of hydrogen-bond donors (Lipinski definition) is 0. The third-order valence-electron chi connectivity index (χ3n) is 13.7. The third-order valence-corrected chi connectivity index (χ3v) is 13.7. The maximum absolute atomic E-state index is 7.05. The molecule has 61 heavy (non-hydrogen) atoms. The molecule has 0 N–H and O–H groups in total. The first-order chi connectivity index (χ1) is 30.2. The molecule has 0 spiro atoms. The summed E-state index contributed by atoms with van der Waals surface area (Å²) in [5.74, 6) is 2.24. The van der Waals surface area contributed by atoms with Crippen LogP contribution in [0.25, 0.3) is 0 Å². The molecule has 0 atom stereocenters. The average molecular weight is 844 g/mol. The SMILES string of the molecule is CCCCCCCCCCCCc1ccc(Oc2ccc(CCCCCCCCCCCC)cc2CCCCCCCCCCCC)c(CCCCCCCCCCCC)c1. The van der Waals surface area contributed by atoms with Gasteiger partial charge in [0.25, 0.3) is 0 Å². The Morgan fingerprint density at radius 3 is 0.705 bits per heavy atom. The Kier molecular flexibility index (Phi) is 38.3. The van der Waals surface area contributed by atoms with Crippen molar-refractivity contribution >= 4 is 0 Å². The van der Waals surface area contributed by atoms with Crippen LogP contribution in [-0.4, -0.2) is 0 Å². The lowest BCUT2D eigenvalue weighted by molar-refractivity contribution is 0.465. The van der Waals surface area contributed by atoms with Gasteiger partial charge in [0, 0.05) is 0 Å². The largest absolute Gasteiger partial charge is 0.457 e. The molecule has 352 valence electrons. The predicted octanol–water partition coefficient (Wildman–Crippen LogP) is 21.3. The molecule has 0 aromatic heterocycles. The highest BCUT2D eigenvalue weighted by molar-refractivity contribution is 5.45. The number of benzene rings is 2. The van der Waals surface area contributed by atoms with Crippen molar-refractivity contribution < 1.29 is 4.74 Å². The van der Waals surface area contributed by atoms with Gasteiger partial charge in [0.15, 0.2) is 0 Å². The molecule has 1 heteroatoms. The van der Waals surface area contributed by atoms with E-state index in [2.05, 4.69) is 64.1 Å². The van der Waals surface area contributed by atoms with E-state index in [0.717, 1.165) is 24.3 Å². The van der Waals surface area contributed by atoms with Crippen LogP contribution in [-0.2, 0) is 25.7 Å². The summed E-state index contributed by atoms with van der Waals surface area (Å²) in [6, 6.07) is 14.6. The van der Waals surface area contributed by atoms with E-state index < -0.39 is 0 Å². The summed E-state index contributed by atoms with van der Waals surface area (Å²) in [5, 5.41) is 0. The van der Waals surface area contributed by atoms with Crippen LogP contribution in [0.2, 0.25) is 0 Å². The summed E-state index contributed by atoms with van der Waals surface area (Å²) in [4.78, 5) is 0. The van der Waals surface area contributed by atoms with Crippen molar-refractivity contribution in [2.75, 3.05) is 0 Å². The molecule has 0 saturated carbocycles. The van der Waals surface area contributed by atoms with Crippen LogP contribution in [0.3, 0.4) is 0 Å². The third kappa shape index (κ3) is 31.7. The van der Waals surface area contributed by atoms with Crippen molar-refractivity contribution in [1.82, 2.24) is 0 Å². The lowest BCUT2D eigenvalue weighted by atomic mass is 9.98. The van der Waals surface area contributed by atoms with Gasteiger partial charge in [0.2, 0.25) is 0 Å². The molecule has 0 heterocycles. The van der Waals surface area contributed by atoms with Gasteiger partial charge in [0.1, 0.15) is 11.5 Å². The number of ether oxygens (including phenoxy) is 1. The first-order valence-corrected chi connectivity index (χ1v) is 28.1. The monoisotopic (exact) mass is 843 g/mol. The minimum absolute atomic E-state index is 1.12. The maximum atomic E-state index is 7.05. The van der Waals surface area contributed by atoms with Gasteiger partial charge in [-0.3, -0.25) is 0 Å². The fraction of sp³-hybridized carbons (Fsp3) is 0.800. The van der Waals surface area contributed by atoms with E-state index in [0.29, 0.717) is 0 Å². The predicted molar refractivity (Wildman–Crippen MR) is 275 cm³/mol. The Morgan fingerprint density at radius 2 is 0.459 bits per heavy atom. The normalized spacial score (nSPS) is 11.5. The summed E-state index contributed by atoms with van der Waals surface area (Å²) >= 11 is 0. The van der Waals surface area contributed by atoms with E-state index in [1.165, 1.54) is 292 Å². The summed E-state index contributed by atoms with van der Waals surface area (Å²) in [5.41, 5.74) is 5.93. The molecule has 0 saturated heterocycles. The van der Waals surface area contributed by atoms with Crippen LogP contribution in [0.4, 0.5) is 0 Å². The molecular formula is C60H106O. The van der Waals surface area contributed by atoms with E-state index in [-0.39, 0.29) is 0 Å². The van der Waals surface area contributed by atoms with Crippen LogP contribution in [0.15, 0.2) is 36.4 Å². The lowest BCUT2D eigenvalue weighted by Crippen LogP contribution is -1.99. The molecule has 0 radical (unpaired) electrons. The summed E-state index contributed by atoms with van der Waals surface area (Å²) in [6.45, 7) is 9.27. The molecule has 0 fully saturated rings. The smallest absolute Gasteiger partial charge is 0.130 e. The standard InChI is InChI=1S/C60H106O/c1-5-9-13-17-21-25-29-33-37-41-45-55-49-51-59(57(53-55)47-43-39-35-31-27-23-19-15-11-7-3)61-60-52-50-56(46-42-38-34-30-26-22-18-14-10-6-2)54-58(60)48-44-40-36-32-28-24-20-16-12-8-4/h49-54H,5-48H2,1-4H3. The van der Waals surface area contributed by atoms with Gasteiger partial charge in [-0.05, 0) is 85.8 Å². The van der Waals surface area contributed by atoms with Gasteiger partial charge in [0.05, 0.1) is 0 Å². The Morgan fingerprint density at radius 1 is 0.246 bits per heavy atom. The first kappa shape index (κ1) is 55.4. The van der Waals surface area contributed by atoms with E-state index in [9.17, 15) is 0 Å². The minimum atomic E-state index is 1.12. The second kappa shape index (κ2) is 42.2. The van der Waals surface area contributed by atoms with Gasteiger partial charge in [-0.2, -0.15) is 0 Å². The van der Waals surface area contributed by atoms with Crippen molar-refractivity contribution in [3.05, 3.63) is 58.7 Å². The molecule has 1 nitrogen and oxygen atoms in total. The topological polar surface area (TPSA) is 9.23 Å². The average Bonchev–Trinajstić information content (AvgIpc) is 3.27. The van der Waals surface area contributed by atoms with Gasteiger partial charge < -0.3 is 4.74 Å². The van der Waals surface area contributed by atoms with Crippen molar-refractivity contribution in [3.63, 3.8) is 0 Å². The van der Waals surface area contributed by atoms with E-state index >= 15 is 0 Å². The van der Waals surface area contributed by atoms with E-state index in [4.69, 9.17) is 4.74 Å². The summed E-state index contributed by atoms with van der Waals surface area (Å²) in [7, 11) is 0. The zero-order valence-corrected chi connectivity index (χ0v) is 42.0. The molecule has 2 rings (SSSR count). The van der Waals surface area contributed by atoms with Gasteiger partial charge >= 0.3 is 0 Å². The number of hydrogen-bond acceptors (Lipinski definition) is 1. The highest BCUT2D eigenvalue weighted by Gasteiger charge is 2.12. The maximum Gasteiger partial charge on any atom is 0.130 e. The summed E-state index contributed by atoms with van der Waals surface area (Å²) in [6.07, 6.45) is 60.4. The zero-order valence-electron chi connectivity index (χ0n) is 42.0. The highest BCUT2D eigenvalue weighted by atomic mass is 16.5. The van der Waals surface area contributed by atoms with Gasteiger partial charge in [-0.15, -0.1) is 0 Å². The van der Waals surface area contributed by atoms with Crippen LogP contribution in [0.5, 0.6) is 11.5 Å². The Bertz CT molecular complexity index is 1120. The molecule has 0 aliphatic rings. The lowest BCUT2D eigenvalue weighted by Gasteiger charge is -2.17. The molecule has 0 aliphatic carbocycles. The second-order valence-corrected chi connectivity index (χ2v) is 19.7. The van der Waals surface area contributed by atoms with Crippen molar-refractivity contribution in [2.24, 2.45) is 0 Å². The minimum Gasteiger partial charge on any atom is -0.457 e. The van der Waals surface area contributed by atoms with Crippen LogP contribution in [0, 0.1) is 0 Å². The van der Waals surface area contributed by atoms with E-state index in [1.54, 1.807) is 0 Å².